The number of hydrogen-bond donors (Lipinski definition) is 1. The molecule has 1 fully saturated rings. The van der Waals surface area contributed by atoms with Crippen molar-refractivity contribution in [1.82, 2.24) is 10.3 Å². The van der Waals surface area contributed by atoms with Gasteiger partial charge in [0.2, 0.25) is 0 Å². The minimum absolute atomic E-state index is 0.0634. The third-order valence-electron chi connectivity index (χ3n) is 5.06. The SMILES string of the molecule is CCc1cc(O[C@H]2CC[C@H](NC(=O)c3ccc(C)nc3)CC2)ccc1C#N. The third kappa shape index (κ3) is 4.85. The topological polar surface area (TPSA) is 75.0 Å². The van der Waals surface area contributed by atoms with Crippen molar-refractivity contribution < 1.29 is 9.53 Å². The molecule has 1 aliphatic rings. The average Bonchev–Trinajstić information content (AvgIpc) is 2.69. The molecule has 1 heterocycles. The Hall–Kier alpha value is -2.87. The zero-order chi connectivity index (χ0) is 19.2. The molecule has 5 nitrogen and oxygen atoms in total. The fraction of sp³-hybridized carbons (Fsp3) is 0.409. The Balaban J connectivity index is 1.51. The van der Waals surface area contributed by atoms with Crippen molar-refractivity contribution in [2.45, 2.75) is 58.1 Å². The maximum Gasteiger partial charge on any atom is 0.253 e. The number of amides is 1. The van der Waals surface area contributed by atoms with E-state index in [1.807, 2.05) is 44.2 Å². The monoisotopic (exact) mass is 363 g/mol. The molecule has 1 aromatic carbocycles. The lowest BCUT2D eigenvalue weighted by Gasteiger charge is -2.29. The number of hydrogen-bond acceptors (Lipinski definition) is 4. The van der Waals surface area contributed by atoms with Crippen molar-refractivity contribution in [2.24, 2.45) is 0 Å². The molecule has 1 N–H and O–H groups in total. The van der Waals surface area contributed by atoms with Crippen LogP contribution in [0.1, 0.15) is 59.8 Å². The lowest BCUT2D eigenvalue weighted by Crippen LogP contribution is -2.39. The minimum Gasteiger partial charge on any atom is -0.490 e. The van der Waals surface area contributed by atoms with Crippen molar-refractivity contribution in [3.05, 3.63) is 58.9 Å². The maximum atomic E-state index is 12.3. The molecule has 0 bridgehead atoms. The zero-order valence-corrected chi connectivity index (χ0v) is 15.9. The van der Waals surface area contributed by atoms with Crippen LogP contribution in [-0.2, 0) is 6.42 Å². The second-order valence-corrected chi connectivity index (χ2v) is 7.04. The van der Waals surface area contributed by atoms with E-state index in [0.717, 1.165) is 49.1 Å². The van der Waals surface area contributed by atoms with E-state index < -0.39 is 0 Å². The molecule has 1 saturated carbocycles. The molecule has 0 saturated heterocycles. The summed E-state index contributed by atoms with van der Waals surface area (Å²) in [6, 6.07) is 11.7. The van der Waals surface area contributed by atoms with Crippen LogP contribution in [0, 0.1) is 18.3 Å². The molecule has 2 aromatic rings. The quantitative estimate of drug-likeness (QED) is 0.873. The lowest BCUT2D eigenvalue weighted by molar-refractivity contribution is 0.0893. The highest BCUT2D eigenvalue weighted by atomic mass is 16.5. The molecule has 1 amide bonds. The second-order valence-electron chi connectivity index (χ2n) is 7.04. The van der Waals surface area contributed by atoms with Crippen molar-refractivity contribution in [1.29, 1.82) is 5.26 Å². The van der Waals surface area contributed by atoms with Gasteiger partial charge >= 0.3 is 0 Å². The molecule has 3 rings (SSSR count). The van der Waals surface area contributed by atoms with E-state index in [4.69, 9.17) is 10.00 Å². The number of ether oxygens (including phenoxy) is 1. The second kappa shape index (κ2) is 8.68. The van der Waals surface area contributed by atoms with E-state index in [2.05, 4.69) is 16.4 Å². The van der Waals surface area contributed by atoms with Crippen molar-refractivity contribution >= 4 is 5.91 Å². The number of carbonyl (C=O) groups excluding carboxylic acids is 1. The summed E-state index contributed by atoms with van der Waals surface area (Å²) in [6.45, 7) is 3.94. The number of nitriles is 1. The molecule has 140 valence electrons. The first-order chi connectivity index (χ1) is 13.1. The van der Waals surface area contributed by atoms with Gasteiger partial charge in [-0.05, 0) is 74.9 Å². The summed E-state index contributed by atoms with van der Waals surface area (Å²) < 4.78 is 6.12. The summed E-state index contributed by atoms with van der Waals surface area (Å²) in [5.74, 6) is 0.760. The molecule has 0 radical (unpaired) electrons. The van der Waals surface area contributed by atoms with Crippen molar-refractivity contribution in [2.75, 3.05) is 0 Å². The number of rotatable bonds is 5. The molecule has 0 spiro atoms. The first-order valence-corrected chi connectivity index (χ1v) is 9.52. The first-order valence-electron chi connectivity index (χ1n) is 9.52. The van der Waals surface area contributed by atoms with E-state index in [1.165, 1.54) is 0 Å². The Kier molecular flexibility index (Phi) is 6.08. The van der Waals surface area contributed by atoms with Gasteiger partial charge in [0.05, 0.1) is 23.3 Å². The summed E-state index contributed by atoms with van der Waals surface area (Å²) >= 11 is 0. The predicted molar refractivity (Wildman–Crippen MR) is 104 cm³/mol. The maximum absolute atomic E-state index is 12.3. The van der Waals surface area contributed by atoms with Crippen LogP contribution in [0.2, 0.25) is 0 Å². The van der Waals surface area contributed by atoms with Crippen LogP contribution in [0.15, 0.2) is 36.5 Å². The largest absolute Gasteiger partial charge is 0.490 e. The standard InChI is InChI=1S/C22H25N3O2/c1-3-16-12-21(9-6-17(16)13-23)27-20-10-7-19(8-11-20)25-22(26)18-5-4-15(2)24-14-18/h4-6,9,12,14,19-20H,3,7-8,10-11H2,1-2H3,(H,25,26)/t19-,20-. The summed E-state index contributed by atoms with van der Waals surface area (Å²) in [6.07, 6.45) is 6.18. The smallest absolute Gasteiger partial charge is 0.253 e. The first kappa shape index (κ1) is 18.9. The van der Waals surface area contributed by atoms with Gasteiger partial charge in [0.25, 0.3) is 5.91 Å². The van der Waals surface area contributed by atoms with Crippen LogP contribution in [0.4, 0.5) is 0 Å². The molecular formula is C22H25N3O2. The number of benzene rings is 1. The molecule has 27 heavy (non-hydrogen) atoms. The Morgan fingerprint density at radius 3 is 2.67 bits per heavy atom. The van der Waals surface area contributed by atoms with Crippen LogP contribution in [0.25, 0.3) is 0 Å². The van der Waals surface area contributed by atoms with Crippen LogP contribution < -0.4 is 10.1 Å². The van der Waals surface area contributed by atoms with Gasteiger partial charge in [-0.1, -0.05) is 6.92 Å². The number of nitrogens with one attached hydrogen (secondary N) is 1. The molecule has 0 aliphatic heterocycles. The lowest BCUT2D eigenvalue weighted by atomic mass is 9.92. The highest BCUT2D eigenvalue weighted by molar-refractivity contribution is 5.94. The molecule has 5 heteroatoms. The highest BCUT2D eigenvalue weighted by Gasteiger charge is 2.24. The third-order valence-corrected chi connectivity index (χ3v) is 5.06. The predicted octanol–water partition coefficient (Wildman–Crippen LogP) is 3.94. The van der Waals surface area contributed by atoms with Gasteiger partial charge < -0.3 is 10.1 Å². The van der Waals surface area contributed by atoms with E-state index in [0.29, 0.717) is 11.1 Å². The number of nitrogens with zero attached hydrogens (tertiary/aromatic N) is 2. The van der Waals surface area contributed by atoms with Crippen molar-refractivity contribution in [3.63, 3.8) is 0 Å². The number of aryl methyl sites for hydroxylation is 2. The molecular weight excluding hydrogens is 338 g/mol. The molecule has 1 aliphatic carbocycles. The normalized spacial score (nSPS) is 19.1. The van der Waals surface area contributed by atoms with Crippen LogP contribution in [0.3, 0.4) is 0 Å². The van der Waals surface area contributed by atoms with Crippen LogP contribution in [-0.4, -0.2) is 23.0 Å². The Labute approximate surface area is 160 Å². The molecule has 0 unspecified atom stereocenters. The van der Waals surface area contributed by atoms with E-state index in [1.54, 1.807) is 6.20 Å². The van der Waals surface area contributed by atoms with E-state index in [9.17, 15) is 4.79 Å². The minimum atomic E-state index is -0.0634. The summed E-state index contributed by atoms with van der Waals surface area (Å²) in [7, 11) is 0. The van der Waals surface area contributed by atoms with Gasteiger partial charge in [0.15, 0.2) is 0 Å². The van der Waals surface area contributed by atoms with Crippen molar-refractivity contribution in [3.8, 4) is 11.8 Å². The van der Waals surface area contributed by atoms with Crippen LogP contribution >= 0.6 is 0 Å². The van der Waals surface area contributed by atoms with Gasteiger partial charge in [0, 0.05) is 17.9 Å². The molecule has 1 aromatic heterocycles. The van der Waals surface area contributed by atoms with Gasteiger partial charge in [-0.15, -0.1) is 0 Å². The van der Waals surface area contributed by atoms with Gasteiger partial charge in [-0.3, -0.25) is 9.78 Å². The molecule has 0 atom stereocenters. The number of pyridine rings is 1. The summed E-state index contributed by atoms with van der Waals surface area (Å²) in [4.78, 5) is 16.5. The zero-order valence-electron chi connectivity index (χ0n) is 15.9. The Morgan fingerprint density at radius 2 is 2.04 bits per heavy atom. The van der Waals surface area contributed by atoms with E-state index >= 15 is 0 Å². The number of carbonyl (C=O) groups is 1. The Bertz CT molecular complexity index is 832. The van der Waals surface area contributed by atoms with Gasteiger partial charge in [-0.25, -0.2) is 0 Å². The van der Waals surface area contributed by atoms with Crippen LogP contribution in [0.5, 0.6) is 5.75 Å². The van der Waals surface area contributed by atoms with Gasteiger partial charge in [-0.2, -0.15) is 5.26 Å². The number of aromatic nitrogens is 1. The Morgan fingerprint density at radius 1 is 1.26 bits per heavy atom. The van der Waals surface area contributed by atoms with E-state index in [-0.39, 0.29) is 18.1 Å². The van der Waals surface area contributed by atoms with Gasteiger partial charge in [0.1, 0.15) is 5.75 Å². The fourth-order valence-electron chi connectivity index (χ4n) is 3.43. The summed E-state index contributed by atoms with van der Waals surface area (Å²) in [5.41, 5.74) is 3.23. The fourth-order valence-corrected chi connectivity index (χ4v) is 3.43. The summed E-state index contributed by atoms with van der Waals surface area (Å²) in [5, 5.41) is 12.2. The highest BCUT2D eigenvalue weighted by Crippen LogP contribution is 2.26. The average molecular weight is 363 g/mol.